The third-order valence-corrected chi connectivity index (χ3v) is 1.45. The number of rotatable bonds is 4. The van der Waals surface area contributed by atoms with Crippen molar-refractivity contribution in [2.75, 3.05) is 6.61 Å². The zero-order valence-electron chi connectivity index (χ0n) is 6.33. The molecule has 0 saturated heterocycles. The number of hydrogen-bond acceptors (Lipinski definition) is 3. The maximum atomic E-state index is 8.42. The summed E-state index contributed by atoms with van der Waals surface area (Å²) in [6, 6.07) is 0. The average molecular weight is 144 g/mol. The summed E-state index contributed by atoms with van der Waals surface area (Å²) in [5.74, 6) is 0.187. The van der Waals surface area contributed by atoms with E-state index >= 15 is 0 Å². The molecule has 0 saturated carbocycles. The van der Waals surface area contributed by atoms with Crippen LogP contribution >= 0.6 is 0 Å². The van der Waals surface area contributed by atoms with Crippen LogP contribution in [-0.4, -0.2) is 17.9 Å². The van der Waals surface area contributed by atoms with Crippen molar-refractivity contribution in [2.45, 2.75) is 19.5 Å². The molecule has 1 atom stereocenters. The van der Waals surface area contributed by atoms with Crippen LogP contribution in [0.15, 0.2) is 12.2 Å². The normalized spacial score (nSPS) is 14.9. The minimum absolute atomic E-state index is 0.0588. The molecule has 1 unspecified atom stereocenters. The van der Waals surface area contributed by atoms with E-state index in [9.17, 15) is 0 Å². The van der Waals surface area contributed by atoms with E-state index < -0.39 is 0 Å². The Labute approximate surface area is 61.7 Å². The Morgan fingerprint density at radius 1 is 1.50 bits per heavy atom. The molecule has 5 N–H and O–H groups in total. The second kappa shape index (κ2) is 5.41. The lowest BCUT2D eigenvalue weighted by atomic mass is 10.0. The summed E-state index contributed by atoms with van der Waals surface area (Å²) < 4.78 is 0. The summed E-state index contributed by atoms with van der Waals surface area (Å²) in [5, 5.41) is 8.42. The molecule has 0 aliphatic carbocycles. The van der Waals surface area contributed by atoms with Crippen molar-refractivity contribution in [1.29, 1.82) is 0 Å². The first-order valence-electron chi connectivity index (χ1n) is 3.51. The fraction of sp³-hybridized carbons (Fsp3) is 0.714. The van der Waals surface area contributed by atoms with Crippen molar-refractivity contribution in [3.05, 3.63) is 12.2 Å². The molecule has 60 valence electrons. The van der Waals surface area contributed by atoms with Gasteiger partial charge in [0.1, 0.15) is 0 Å². The third-order valence-electron chi connectivity index (χ3n) is 1.45. The molecule has 0 amide bonds. The van der Waals surface area contributed by atoms with Crippen LogP contribution in [-0.2, 0) is 0 Å². The second-order valence-electron chi connectivity index (χ2n) is 2.26. The van der Waals surface area contributed by atoms with Gasteiger partial charge in [-0.25, -0.2) is 0 Å². The number of nitrogens with two attached hydrogens (primary N) is 2. The summed E-state index contributed by atoms with van der Waals surface area (Å²) in [4.78, 5) is 0. The molecule has 10 heavy (non-hydrogen) atoms. The molecular formula is C7H16N2O. The first-order valence-corrected chi connectivity index (χ1v) is 3.51. The van der Waals surface area contributed by atoms with Gasteiger partial charge >= 0.3 is 0 Å². The lowest BCUT2D eigenvalue weighted by molar-refractivity contribution is 0.341. The minimum Gasteiger partial charge on any atom is -0.392 e. The van der Waals surface area contributed by atoms with Gasteiger partial charge in [-0.3, -0.25) is 0 Å². The molecule has 0 rings (SSSR count). The Bertz CT molecular complexity index is 102. The van der Waals surface area contributed by atoms with Crippen LogP contribution in [0.1, 0.15) is 13.3 Å². The molecule has 3 heteroatoms. The molecular weight excluding hydrogens is 128 g/mol. The molecule has 0 aliphatic rings. The van der Waals surface area contributed by atoms with Crippen LogP contribution in [0.4, 0.5) is 0 Å². The summed E-state index contributed by atoms with van der Waals surface area (Å²) in [6.07, 6.45) is 4.12. The fourth-order valence-electron chi connectivity index (χ4n) is 0.772. The summed E-state index contributed by atoms with van der Waals surface area (Å²) >= 11 is 0. The average Bonchev–Trinajstić information content (AvgIpc) is 1.89. The van der Waals surface area contributed by atoms with Gasteiger partial charge < -0.3 is 16.6 Å². The van der Waals surface area contributed by atoms with E-state index in [-0.39, 0.29) is 18.7 Å². The van der Waals surface area contributed by atoms with Gasteiger partial charge in [0, 0.05) is 5.92 Å². The van der Waals surface area contributed by atoms with Crippen molar-refractivity contribution < 1.29 is 5.11 Å². The largest absolute Gasteiger partial charge is 0.392 e. The van der Waals surface area contributed by atoms with Gasteiger partial charge in [0.2, 0.25) is 0 Å². The Balaban J connectivity index is 3.71. The van der Waals surface area contributed by atoms with Crippen LogP contribution < -0.4 is 11.5 Å². The van der Waals surface area contributed by atoms with E-state index in [1.54, 1.807) is 6.08 Å². The van der Waals surface area contributed by atoms with Crippen LogP contribution in [0, 0.1) is 5.92 Å². The molecule has 0 heterocycles. The third kappa shape index (κ3) is 3.61. The van der Waals surface area contributed by atoms with Crippen LogP contribution in [0.5, 0.6) is 0 Å². The van der Waals surface area contributed by atoms with Crippen molar-refractivity contribution >= 4 is 0 Å². The van der Waals surface area contributed by atoms with E-state index in [4.69, 9.17) is 16.6 Å². The monoisotopic (exact) mass is 144 g/mol. The van der Waals surface area contributed by atoms with Gasteiger partial charge in [0.15, 0.2) is 0 Å². The van der Waals surface area contributed by atoms with Crippen molar-refractivity contribution in [3.8, 4) is 0 Å². The van der Waals surface area contributed by atoms with Gasteiger partial charge in [-0.05, 0) is 6.42 Å². The number of aliphatic hydroxyl groups excluding tert-OH is 1. The maximum Gasteiger partial charge on any atom is 0.0612 e. The molecule has 0 aromatic heterocycles. The summed E-state index contributed by atoms with van der Waals surface area (Å²) in [5.41, 5.74) is 10.9. The fourth-order valence-corrected chi connectivity index (χ4v) is 0.772. The topological polar surface area (TPSA) is 72.3 Å². The Kier molecular flexibility index (Phi) is 5.20. The molecule has 0 radical (unpaired) electrons. The minimum atomic E-state index is -0.312. The predicted molar refractivity (Wildman–Crippen MR) is 42.2 cm³/mol. The van der Waals surface area contributed by atoms with Crippen molar-refractivity contribution in [3.63, 3.8) is 0 Å². The number of aliphatic hydroxyl groups is 1. The smallest absolute Gasteiger partial charge is 0.0612 e. The molecule has 0 aromatic rings. The van der Waals surface area contributed by atoms with Gasteiger partial charge in [-0.1, -0.05) is 19.1 Å². The maximum absolute atomic E-state index is 8.42. The first-order chi connectivity index (χ1) is 4.72. The molecule has 0 aromatic carbocycles. The van der Waals surface area contributed by atoms with Gasteiger partial charge in [-0.2, -0.15) is 0 Å². The molecule has 0 spiro atoms. The zero-order chi connectivity index (χ0) is 7.98. The lowest BCUT2D eigenvalue weighted by Gasteiger charge is -2.13. The van der Waals surface area contributed by atoms with Crippen molar-refractivity contribution in [1.82, 2.24) is 0 Å². The second-order valence-corrected chi connectivity index (χ2v) is 2.26. The predicted octanol–water partition coefficient (Wildman–Crippen LogP) is -0.195. The molecule has 0 fully saturated rings. The highest BCUT2D eigenvalue weighted by Crippen LogP contribution is 2.04. The summed E-state index contributed by atoms with van der Waals surface area (Å²) in [6.45, 7) is 2.07. The highest BCUT2D eigenvalue weighted by Gasteiger charge is 2.05. The quantitative estimate of drug-likeness (QED) is 0.378. The standard InChI is InChI=1S/C7H16N2O/c1-2-6(7(8)9)4-3-5-10/h3-4,6-7,10H,2,5,8-9H2,1H3/b4-3-. The van der Waals surface area contributed by atoms with Gasteiger partial charge in [0.05, 0.1) is 12.8 Å². The first kappa shape index (κ1) is 9.62. The Morgan fingerprint density at radius 3 is 2.40 bits per heavy atom. The summed E-state index contributed by atoms with van der Waals surface area (Å²) in [7, 11) is 0. The highest BCUT2D eigenvalue weighted by molar-refractivity contribution is 4.90. The molecule has 0 aliphatic heterocycles. The van der Waals surface area contributed by atoms with E-state index in [1.165, 1.54) is 0 Å². The van der Waals surface area contributed by atoms with E-state index in [2.05, 4.69) is 0 Å². The molecule has 0 bridgehead atoms. The Morgan fingerprint density at radius 2 is 2.10 bits per heavy atom. The highest BCUT2D eigenvalue weighted by atomic mass is 16.2. The van der Waals surface area contributed by atoms with E-state index in [0.717, 1.165) is 6.42 Å². The van der Waals surface area contributed by atoms with E-state index in [0.29, 0.717) is 0 Å². The van der Waals surface area contributed by atoms with Crippen molar-refractivity contribution in [2.24, 2.45) is 17.4 Å². The van der Waals surface area contributed by atoms with Crippen LogP contribution in [0.3, 0.4) is 0 Å². The number of hydrogen-bond donors (Lipinski definition) is 3. The van der Waals surface area contributed by atoms with Crippen LogP contribution in [0.25, 0.3) is 0 Å². The molecule has 3 nitrogen and oxygen atoms in total. The zero-order valence-corrected chi connectivity index (χ0v) is 6.33. The Hall–Kier alpha value is -0.380. The van der Waals surface area contributed by atoms with Gasteiger partial charge in [0.25, 0.3) is 0 Å². The van der Waals surface area contributed by atoms with Gasteiger partial charge in [-0.15, -0.1) is 0 Å². The lowest BCUT2D eigenvalue weighted by Crippen LogP contribution is -2.37. The van der Waals surface area contributed by atoms with E-state index in [1.807, 2.05) is 13.0 Å². The SMILES string of the molecule is CCC(/C=C\CO)C(N)N. The van der Waals surface area contributed by atoms with Crippen LogP contribution in [0.2, 0.25) is 0 Å².